The van der Waals surface area contributed by atoms with Crippen LogP contribution in [0.15, 0.2) is 18.2 Å². The lowest BCUT2D eigenvalue weighted by atomic mass is 10.0. The number of nitrogens with one attached hydrogen (secondary N) is 1. The molecule has 0 spiro atoms. The first-order valence-corrected chi connectivity index (χ1v) is 6.19. The van der Waals surface area contributed by atoms with E-state index >= 15 is 0 Å². The summed E-state index contributed by atoms with van der Waals surface area (Å²) in [6.45, 7) is 7.90. The largest absolute Gasteiger partial charge is 0.335 e. The number of aryl methyl sites for hydroxylation is 1. The summed E-state index contributed by atoms with van der Waals surface area (Å²) in [6, 6.07) is 4.65. The molecule has 0 aromatic heterocycles. The van der Waals surface area contributed by atoms with Gasteiger partial charge < -0.3 is 10.2 Å². The molecule has 3 nitrogen and oxygen atoms in total. The second-order valence-corrected chi connectivity index (χ2v) is 5.52. The zero-order valence-corrected chi connectivity index (χ0v) is 11.1. The molecule has 2 rings (SSSR count). The third-order valence-corrected chi connectivity index (χ3v) is 3.21. The van der Waals surface area contributed by atoms with Crippen LogP contribution in [0.25, 0.3) is 0 Å². The Morgan fingerprint density at radius 1 is 1.44 bits per heavy atom. The molecule has 0 saturated carbocycles. The summed E-state index contributed by atoms with van der Waals surface area (Å²) in [4.78, 5) is 14.0. The van der Waals surface area contributed by atoms with Crippen molar-refractivity contribution in [1.29, 1.82) is 0 Å². The lowest BCUT2D eigenvalue weighted by Gasteiger charge is -2.39. The first kappa shape index (κ1) is 13.0. The van der Waals surface area contributed by atoms with Gasteiger partial charge in [0.25, 0.3) is 5.91 Å². The maximum Gasteiger partial charge on any atom is 0.256 e. The highest BCUT2D eigenvalue weighted by Crippen LogP contribution is 2.17. The zero-order chi connectivity index (χ0) is 13.3. The molecule has 0 bridgehead atoms. The predicted octanol–water partition coefficient (Wildman–Crippen LogP) is 1.96. The van der Waals surface area contributed by atoms with E-state index in [9.17, 15) is 9.18 Å². The van der Waals surface area contributed by atoms with E-state index in [0.29, 0.717) is 13.1 Å². The van der Waals surface area contributed by atoms with Crippen LogP contribution in [0.2, 0.25) is 0 Å². The van der Waals surface area contributed by atoms with Gasteiger partial charge in [0.1, 0.15) is 5.82 Å². The molecule has 1 heterocycles. The van der Waals surface area contributed by atoms with Crippen molar-refractivity contribution in [3.8, 4) is 0 Å². The smallest absolute Gasteiger partial charge is 0.256 e. The lowest BCUT2D eigenvalue weighted by molar-refractivity contribution is 0.0647. The number of piperazine rings is 1. The Hall–Kier alpha value is -1.42. The predicted molar refractivity (Wildman–Crippen MR) is 69.1 cm³/mol. The van der Waals surface area contributed by atoms with Gasteiger partial charge in [-0.15, -0.1) is 0 Å². The molecule has 0 radical (unpaired) electrons. The van der Waals surface area contributed by atoms with Gasteiger partial charge in [-0.2, -0.15) is 0 Å². The van der Waals surface area contributed by atoms with Crippen LogP contribution in [-0.2, 0) is 0 Å². The first-order chi connectivity index (χ1) is 8.39. The summed E-state index contributed by atoms with van der Waals surface area (Å²) in [5, 5.41) is 3.33. The monoisotopic (exact) mass is 250 g/mol. The van der Waals surface area contributed by atoms with Crippen LogP contribution in [0.1, 0.15) is 29.8 Å². The number of hydrogen-bond acceptors (Lipinski definition) is 2. The van der Waals surface area contributed by atoms with Gasteiger partial charge in [0, 0.05) is 25.2 Å². The van der Waals surface area contributed by atoms with Gasteiger partial charge in [-0.1, -0.05) is 11.6 Å². The van der Waals surface area contributed by atoms with E-state index in [4.69, 9.17) is 0 Å². The molecular weight excluding hydrogens is 231 g/mol. The first-order valence-electron chi connectivity index (χ1n) is 6.19. The van der Waals surface area contributed by atoms with Gasteiger partial charge in [-0.05, 0) is 32.9 Å². The molecule has 1 aromatic carbocycles. The number of benzene rings is 1. The van der Waals surface area contributed by atoms with Gasteiger partial charge >= 0.3 is 0 Å². The Labute approximate surface area is 107 Å². The van der Waals surface area contributed by atoms with Crippen molar-refractivity contribution < 1.29 is 9.18 Å². The minimum Gasteiger partial charge on any atom is -0.335 e. The van der Waals surface area contributed by atoms with E-state index in [1.165, 1.54) is 6.07 Å². The number of carbonyl (C=O) groups is 1. The highest BCUT2D eigenvalue weighted by Gasteiger charge is 2.30. The molecule has 1 amide bonds. The van der Waals surface area contributed by atoms with Crippen molar-refractivity contribution in [3.05, 3.63) is 35.1 Å². The second kappa shape index (κ2) is 4.69. The number of hydrogen-bond donors (Lipinski definition) is 1. The third kappa shape index (κ3) is 2.70. The number of rotatable bonds is 1. The van der Waals surface area contributed by atoms with Crippen molar-refractivity contribution in [1.82, 2.24) is 10.2 Å². The van der Waals surface area contributed by atoms with Crippen LogP contribution >= 0.6 is 0 Å². The highest BCUT2D eigenvalue weighted by atomic mass is 19.1. The average Bonchev–Trinajstić information content (AvgIpc) is 2.30. The van der Waals surface area contributed by atoms with E-state index in [1.54, 1.807) is 17.0 Å². The summed E-state index contributed by atoms with van der Waals surface area (Å²) >= 11 is 0. The fourth-order valence-corrected chi connectivity index (χ4v) is 2.29. The van der Waals surface area contributed by atoms with E-state index < -0.39 is 5.82 Å². The Balaban J connectivity index is 2.23. The minimum absolute atomic E-state index is 0.117. The van der Waals surface area contributed by atoms with E-state index in [2.05, 4.69) is 5.32 Å². The van der Waals surface area contributed by atoms with Gasteiger partial charge in [0.05, 0.1) is 5.56 Å². The molecular formula is C14H19FN2O. The van der Waals surface area contributed by atoms with Crippen LogP contribution in [0, 0.1) is 12.7 Å². The third-order valence-electron chi connectivity index (χ3n) is 3.21. The fourth-order valence-electron chi connectivity index (χ4n) is 2.29. The summed E-state index contributed by atoms with van der Waals surface area (Å²) in [5.41, 5.74) is 0.954. The molecule has 18 heavy (non-hydrogen) atoms. The molecule has 1 aliphatic rings. The number of nitrogens with zero attached hydrogens (tertiary/aromatic N) is 1. The van der Waals surface area contributed by atoms with Crippen molar-refractivity contribution in [3.63, 3.8) is 0 Å². The summed E-state index contributed by atoms with van der Waals surface area (Å²) in [7, 11) is 0. The lowest BCUT2D eigenvalue weighted by Crippen LogP contribution is -2.58. The van der Waals surface area contributed by atoms with Crippen LogP contribution in [0.5, 0.6) is 0 Å². The molecule has 1 fully saturated rings. The summed E-state index contributed by atoms with van der Waals surface area (Å²) in [6.07, 6.45) is 0. The topological polar surface area (TPSA) is 32.3 Å². The molecule has 1 saturated heterocycles. The van der Waals surface area contributed by atoms with Gasteiger partial charge in [-0.25, -0.2) is 4.39 Å². The summed E-state index contributed by atoms with van der Waals surface area (Å²) < 4.78 is 13.7. The quantitative estimate of drug-likeness (QED) is 0.826. The maximum absolute atomic E-state index is 13.7. The highest BCUT2D eigenvalue weighted by molar-refractivity contribution is 5.94. The van der Waals surface area contributed by atoms with E-state index in [0.717, 1.165) is 12.1 Å². The number of carbonyl (C=O) groups excluding carboxylic acids is 1. The Kier molecular flexibility index (Phi) is 3.39. The standard InChI is InChI=1S/C14H19FN2O/c1-10-4-5-12(15)11(8-10)13(18)17-7-6-16-14(2,3)9-17/h4-5,8,16H,6-7,9H2,1-3H3. The maximum atomic E-state index is 13.7. The minimum atomic E-state index is -0.443. The molecule has 0 unspecified atom stereocenters. The van der Waals surface area contributed by atoms with Crippen molar-refractivity contribution in [2.24, 2.45) is 0 Å². The van der Waals surface area contributed by atoms with Crippen LogP contribution in [0.4, 0.5) is 4.39 Å². The van der Waals surface area contributed by atoms with Crippen molar-refractivity contribution in [2.45, 2.75) is 26.3 Å². The van der Waals surface area contributed by atoms with Crippen molar-refractivity contribution in [2.75, 3.05) is 19.6 Å². The SMILES string of the molecule is Cc1ccc(F)c(C(=O)N2CCNC(C)(C)C2)c1. The number of amides is 1. The van der Waals surface area contributed by atoms with Crippen LogP contribution in [0.3, 0.4) is 0 Å². The normalized spacial score (nSPS) is 18.8. The Bertz CT molecular complexity index is 471. The van der Waals surface area contributed by atoms with Crippen LogP contribution in [-0.4, -0.2) is 36.0 Å². The average molecular weight is 250 g/mol. The summed E-state index contributed by atoms with van der Waals surface area (Å²) in [5.74, 6) is -0.660. The molecule has 0 atom stereocenters. The van der Waals surface area contributed by atoms with Crippen LogP contribution < -0.4 is 5.32 Å². The zero-order valence-electron chi connectivity index (χ0n) is 11.1. The van der Waals surface area contributed by atoms with Crippen molar-refractivity contribution >= 4 is 5.91 Å². The molecule has 1 aromatic rings. The Morgan fingerprint density at radius 3 is 2.83 bits per heavy atom. The molecule has 1 N–H and O–H groups in total. The molecule has 0 aliphatic carbocycles. The van der Waals surface area contributed by atoms with Gasteiger partial charge in [0.15, 0.2) is 0 Å². The molecule has 1 aliphatic heterocycles. The van der Waals surface area contributed by atoms with Gasteiger partial charge in [-0.3, -0.25) is 4.79 Å². The Morgan fingerprint density at radius 2 is 2.17 bits per heavy atom. The molecule has 98 valence electrons. The number of halogens is 1. The van der Waals surface area contributed by atoms with E-state index in [1.807, 2.05) is 20.8 Å². The van der Waals surface area contributed by atoms with Gasteiger partial charge in [0.2, 0.25) is 0 Å². The molecule has 4 heteroatoms. The fraction of sp³-hybridized carbons (Fsp3) is 0.500. The van der Waals surface area contributed by atoms with E-state index in [-0.39, 0.29) is 17.0 Å². The second-order valence-electron chi connectivity index (χ2n) is 5.52.